The van der Waals surface area contributed by atoms with E-state index in [-0.39, 0.29) is 17.6 Å². The molecule has 3 heterocycles. The van der Waals surface area contributed by atoms with Gasteiger partial charge in [0.05, 0.1) is 18.5 Å². The smallest absolute Gasteiger partial charge is 0.129 e. The Morgan fingerprint density at radius 3 is 2.96 bits per heavy atom. The van der Waals surface area contributed by atoms with E-state index in [1.165, 1.54) is 11.6 Å². The molecule has 2 aliphatic rings. The van der Waals surface area contributed by atoms with Crippen molar-refractivity contribution < 1.29 is 13.5 Å². The summed E-state index contributed by atoms with van der Waals surface area (Å²) in [5.74, 6) is -0.961. The summed E-state index contributed by atoms with van der Waals surface area (Å²) < 4.78 is 33.1. The maximum absolute atomic E-state index is 13.9. The van der Waals surface area contributed by atoms with E-state index in [0.29, 0.717) is 13.0 Å². The highest BCUT2D eigenvalue weighted by Gasteiger charge is 2.36. The molecule has 7 heteroatoms. The lowest BCUT2D eigenvalue weighted by Crippen LogP contribution is -2.47. The van der Waals surface area contributed by atoms with Gasteiger partial charge in [0.1, 0.15) is 17.7 Å². The summed E-state index contributed by atoms with van der Waals surface area (Å²) in [7, 11) is 0. The normalized spacial score (nSPS) is 28.0. The van der Waals surface area contributed by atoms with Gasteiger partial charge in [-0.25, -0.2) is 8.78 Å². The number of rotatable bonds is 2. The molecule has 1 aromatic carbocycles. The average Bonchev–Trinajstić information content (AvgIpc) is 3.11. The zero-order valence-electron chi connectivity index (χ0n) is 12.5. The number of nitrogens with two attached hydrogens (primary N) is 1. The fourth-order valence-electron chi connectivity index (χ4n) is 3.50. The van der Waals surface area contributed by atoms with Crippen LogP contribution >= 0.6 is 0 Å². The lowest BCUT2D eigenvalue weighted by molar-refractivity contribution is -0.0533. The highest BCUT2D eigenvalue weighted by molar-refractivity contribution is 5.24. The van der Waals surface area contributed by atoms with E-state index >= 15 is 0 Å². The zero-order valence-corrected chi connectivity index (χ0v) is 12.5. The quantitative estimate of drug-likeness (QED) is 0.886. The fourth-order valence-corrected chi connectivity index (χ4v) is 3.50. The van der Waals surface area contributed by atoms with Crippen molar-refractivity contribution in [1.29, 1.82) is 0 Å². The van der Waals surface area contributed by atoms with Crippen LogP contribution in [-0.4, -0.2) is 33.8 Å². The molecule has 1 fully saturated rings. The van der Waals surface area contributed by atoms with Crippen LogP contribution in [0.1, 0.15) is 29.3 Å². The molecule has 0 saturated carbocycles. The second-order valence-electron chi connectivity index (χ2n) is 6.25. The predicted octanol–water partition coefficient (Wildman–Crippen LogP) is 1.86. The van der Waals surface area contributed by atoms with Crippen molar-refractivity contribution in [2.24, 2.45) is 5.73 Å². The summed E-state index contributed by atoms with van der Waals surface area (Å²) in [6, 6.07) is 3.18. The minimum atomic E-state index is -0.607. The number of hydrogen-bond acceptors (Lipinski definition) is 4. The first kappa shape index (κ1) is 14.7. The Morgan fingerprint density at radius 2 is 2.17 bits per heavy atom. The average molecular weight is 320 g/mol. The van der Waals surface area contributed by atoms with Crippen LogP contribution in [0.25, 0.3) is 0 Å². The Bertz CT molecular complexity index is 699. The maximum atomic E-state index is 13.9. The fraction of sp³-hybridized carbons (Fsp3) is 0.438. The Labute approximate surface area is 132 Å². The third-order valence-corrected chi connectivity index (χ3v) is 4.72. The summed E-state index contributed by atoms with van der Waals surface area (Å²) in [5, 5.41) is 7.01. The SMILES string of the molecule is N[C@H]1C[C@@H](N2Cc3cn[nH]c3C2)CO[C@H]1c1cc(F)ccc1F. The minimum absolute atomic E-state index is 0.165. The molecule has 5 nitrogen and oxygen atoms in total. The summed E-state index contributed by atoms with van der Waals surface area (Å²) in [5.41, 5.74) is 8.72. The van der Waals surface area contributed by atoms with Gasteiger partial charge in [0.15, 0.2) is 0 Å². The van der Waals surface area contributed by atoms with Gasteiger partial charge in [0.2, 0.25) is 0 Å². The number of aromatic amines is 1. The molecule has 1 saturated heterocycles. The van der Waals surface area contributed by atoms with Crippen LogP contribution in [0.2, 0.25) is 0 Å². The van der Waals surface area contributed by atoms with Crippen LogP contribution in [0, 0.1) is 11.6 Å². The van der Waals surface area contributed by atoms with Gasteiger partial charge in [-0.3, -0.25) is 10.00 Å². The minimum Gasteiger partial charge on any atom is -0.370 e. The number of H-pyrrole nitrogens is 1. The van der Waals surface area contributed by atoms with Crippen molar-refractivity contribution in [3.05, 3.63) is 52.9 Å². The second kappa shape index (κ2) is 5.67. The third-order valence-electron chi connectivity index (χ3n) is 4.72. The summed E-state index contributed by atoms with van der Waals surface area (Å²) >= 11 is 0. The van der Waals surface area contributed by atoms with Crippen LogP contribution < -0.4 is 5.73 Å². The van der Waals surface area contributed by atoms with Gasteiger partial charge in [-0.2, -0.15) is 5.10 Å². The lowest BCUT2D eigenvalue weighted by atomic mass is 9.93. The van der Waals surface area contributed by atoms with Crippen LogP contribution in [-0.2, 0) is 17.8 Å². The van der Waals surface area contributed by atoms with E-state index in [1.807, 2.05) is 6.20 Å². The number of nitrogens with zero attached hydrogens (tertiary/aromatic N) is 2. The summed E-state index contributed by atoms with van der Waals surface area (Å²) in [4.78, 5) is 2.28. The summed E-state index contributed by atoms with van der Waals surface area (Å²) in [6.07, 6.45) is 1.91. The van der Waals surface area contributed by atoms with Gasteiger partial charge in [0, 0.05) is 36.3 Å². The second-order valence-corrected chi connectivity index (χ2v) is 6.25. The zero-order chi connectivity index (χ0) is 16.0. The van der Waals surface area contributed by atoms with E-state index in [1.54, 1.807) is 0 Å². The largest absolute Gasteiger partial charge is 0.370 e. The molecule has 3 atom stereocenters. The molecule has 0 aliphatic carbocycles. The predicted molar refractivity (Wildman–Crippen MR) is 79.3 cm³/mol. The molecule has 2 aliphatic heterocycles. The molecule has 23 heavy (non-hydrogen) atoms. The Hall–Kier alpha value is -1.83. The molecule has 3 N–H and O–H groups in total. The maximum Gasteiger partial charge on any atom is 0.129 e. The van der Waals surface area contributed by atoms with Gasteiger partial charge in [-0.1, -0.05) is 0 Å². The molecular weight excluding hydrogens is 302 g/mol. The molecule has 0 unspecified atom stereocenters. The number of ether oxygens (including phenoxy) is 1. The Balaban J connectivity index is 1.46. The van der Waals surface area contributed by atoms with Crippen molar-refractivity contribution in [2.45, 2.75) is 37.7 Å². The first-order valence-electron chi connectivity index (χ1n) is 7.69. The van der Waals surface area contributed by atoms with Gasteiger partial charge in [0.25, 0.3) is 0 Å². The molecule has 2 aromatic rings. The standard InChI is InChI=1S/C16H18F2N4O/c17-10-1-2-13(18)12(3-10)16-14(19)4-11(8-23-16)22-6-9-5-20-21-15(9)7-22/h1-3,5,11,14,16H,4,6-8,19H2,(H,20,21)/t11-,14+,16+/m1/s1. The number of nitrogens with one attached hydrogen (secondary N) is 1. The Kier molecular flexibility index (Phi) is 3.63. The van der Waals surface area contributed by atoms with Crippen LogP contribution in [0.15, 0.2) is 24.4 Å². The molecule has 0 amide bonds. The van der Waals surface area contributed by atoms with Crippen molar-refractivity contribution in [1.82, 2.24) is 15.1 Å². The highest BCUT2D eigenvalue weighted by atomic mass is 19.1. The molecule has 4 rings (SSSR count). The van der Waals surface area contributed by atoms with Crippen molar-refractivity contribution in [3.63, 3.8) is 0 Å². The molecule has 0 spiro atoms. The molecule has 122 valence electrons. The van der Waals surface area contributed by atoms with Crippen LogP contribution in [0.3, 0.4) is 0 Å². The van der Waals surface area contributed by atoms with Gasteiger partial charge in [-0.15, -0.1) is 0 Å². The summed E-state index contributed by atoms with van der Waals surface area (Å²) in [6.45, 7) is 2.05. The van der Waals surface area contributed by atoms with E-state index in [4.69, 9.17) is 10.5 Å². The van der Waals surface area contributed by atoms with Gasteiger partial charge in [-0.05, 0) is 24.6 Å². The number of benzene rings is 1. The van der Waals surface area contributed by atoms with Crippen molar-refractivity contribution >= 4 is 0 Å². The molecule has 0 radical (unpaired) electrons. The third kappa shape index (κ3) is 2.65. The first-order valence-corrected chi connectivity index (χ1v) is 7.69. The first-order chi connectivity index (χ1) is 11.1. The van der Waals surface area contributed by atoms with Gasteiger partial charge < -0.3 is 10.5 Å². The number of fused-ring (bicyclic) bond motifs is 1. The highest BCUT2D eigenvalue weighted by Crippen LogP contribution is 2.33. The van der Waals surface area contributed by atoms with Crippen LogP contribution in [0.5, 0.6) is 0 Å². The van der Waals surface area contributed by atoms with Crippen LogP contribution in [0.4, 0.5) is 8.78 Å². The molecular formula is C16H18F2N4O. The van der Waals surface area contributed by atoms with E-state index in [0.717, 1.165) is 30.9 Å². The monoisotopic (exact) mass is 320 g/mol. The number of aromatic nitrogens is 2. The van der Waals surface area contributed by atoms with E-state index in [9.17, 15) is 8.78 Å². The molecule has 1 aromatic heterocycles. The van der Waals surface area contributed by atoms with Crippen molar-refractivity contribution in [2.75, 3.05) is 6.61 Å². The van der Waals surface area contributed by atoms with E-state index in [2.05, 4.69) is 15.1 Å². The van der Waals surface area contributed by atoms with Crippen molar-refractivity contribution in [3.8, 4) is 0 Å². The Morgan fingerprint density at radius 1 is 1.30 bits per heavy atom. The van der Waals surface area contributed by atoms with Gasteiger partial charge >= 0.3 is 0 Å². The number of halogens is 2. The molecule has 0 bridgehead atoms. The topological polar surface area (TPSA) is 67.2 Å². The lowest BCUT2D eigenvalue weighted by Gasteiger charge is -2.38. The van der Waals surface area contributed by atoms with E-state index < -0.39 is 17.7 Å². The number of hydrogen-bond donors (Lipinski definition) is 2.